The minimum atomic E-state index is 0.786. The van der Waals surface area contributed by atoms with Crippen LogP contribution < -0.4 is 4.74 Å². The van der Waals surface area contributed by atoms with Crippen molar-refractivity contribution in [1.29, 1.82) is 0 Å². The van der Waals surface area contributed by atoms with Gasteiger partial charge in [-0.15, -0.1) is 0 Å². The molecule has 1 nitrogen and oxygen atoms in total. The van der Waals surface area contributed by atoms with Crippen molar-refractivity contribution >= 4 is 34.2 Å². The molecule has 0 aliphatic rings. The fourth-order valence-corrected chi connectivity index (χ4v) is 2.51. The van der Waals surface area contributed by atoms with Gasteiger partial charge in [0.15, 0.2) is 0 Å². The predicted octanol–water partition coefficient (Wildman–Crippen LogP) is 5.81. The molecule has 0 heterocycles. The molecule has 0 saturated heterocycles. The number of hydrogen-bond donors (Lipinski definition) is 0. The summed E-state index contributed by atoms with van der Waals surface area (Å²) >= 11 is 8.66. The van der Waals surface area contributed by atoms with E-state index in [2.05, 4.69) is 28.7 Å². The lowest BCUT2D eigenvalue weighted by Crippen LogP contribution is -1.90. The molecular weight excluding hydrogens is 371 g/mol. The van der Waals surface area contributed by atoms with Crippen LogP contribution in [0.1, 0.15) is 17.5 Å². The Morgan fingerprint density at radius 2 is 1.89 bits per heavy atom. The Bertz CT molecular complexity index is 554. The fourth-order valence-electron chi connectivity index (χ4n) is 1.87. The van der Waals surface area contributed by atoms with E-state index in [1.54, 1.807) is 0 Å². The minimum Gasteiger partial charge on any atom is -0.457 e. The molecule has 0 saturated carbocycles. The first kappa shape index (κ1) is 14.7. The van der Waals surface area contributed by atoms with Crippen LogP contribution in [0, 0.1) is 6.92 Å². The summed E-state index contributed by atoms with van der Waals surface area (Å²) in [6, 6.07) is 13.9. The van der Waals surface area contributed by atoms with Crippen molar-refractivity contribution in [1.82, 2.24) is 0 Å². The summed E-state index contributed by atoms with van der Waals surface area (Å²) < 4.78 is 6.96. The van der Waals surface area contributed by atoms with Crippen LogP contribution in [-0.2, 0) is 6.42 Å². The number of benzene rings is 2. The van der Waals surface area contributed by atoms with Crippen LogP contribution in [0.25, 0.3) is 0 Å². The standard InChI is InChI=1S/C16H16ClIO/c1-12-4-2-6-14(10-12)19-15-8-7-13(5-3-9-18)16(17)11-15/h2,4,6-8,10-11H,3,5,9H2,1H3. The molecule has 0 spiro atoms. The third-order valence-corrected chi connectivity index (χ3v) is 3.94. The summed E-state index contributed by atoms with van der Waals surface area (Å²) in [6.07, 6.45) is 2.17. The minimum absolute atomic E-state index is 0.786. The van der Waals surface area contributed by atoms with Crippen molar-refractivity contribution in [2.45, 2.75) is 19.8 Å². The molecule has 0 radical (unpaired) electrons. The zero-order valence-electron chi connectivity index (χ0n) is 10.8. The number of halogens is 2. The lowest BCUT2D eigenvalue weighted by Gasteiger charge is -2.09. The second-order valence-electron chi connectivity index (χ2n) is 4.46. The maximum absolute atomic E-state index is 6.28. The Labute approximate surface area is 133 Å². The van der Waals surface area contributed by atoms with Crippen LogP contribution in [0.2, 0.25) is 5.02 Å². The van der Waals surface area contributed by atoms with Crippen LogP contribution in [0.15, 0.2) is 42.5 Å². The van der Waals surface area contributed by atoms with Gasteiger partial charge in [0.25, 0.3) is 0 Å². The van der Waals surface area contributed by atoms with Gasteiger partial charge in [0.05, 0.1) is 0 Å². The van der Waals surface area contributed by atoms with Gasteiger partial charge in [-0.2, -0.15) is 0 Å². The van der Waals surface area contributed by atoms with Crippen molar-refractivity contribution in [2.75, 3.05) is 4.43 Å². The number of rotatable bonds is 5. The average Bonchev–Trinajstić information content (AvgIpc) is 2.38. The van der Waals surface area contributed by atoms with Crippen LogP contribution >= 0.6 is 34.2 Å². The topological polar surface area (TPSA) is 9.23 Å². The second kappa shape index (κ2) is 7.15. The van der Waals surface area contributed by atoms with E-state index in [1.165, 1.54) is 11.1 Å². The Hall–Kier alpha value is -0.740. The molecule has 0 fully saturated rings. The van der Waals surface area contributed by atoms with Gasteiger partial charge in [-0.1, -0.05) is 52.4 Å². The molecule has 0 aromatic heterocycles. The highest BCUT2D eigenvalue weighted by atomic mass is 127. The first-order valence-corrected chi connectivity index (χ1v) is 8.18. The molecular formula is C16H16ClIO. The lowest BCUT2D eigenvalue weighted by molar-refractivity contribution is 0.482. The molecule has 0 N–H and O–H groups in total. The second-order valence-corrected chi connectivity index (χ2v) is 5.95. The Balaban J connectivity index is 2.11. The van der Waals surface area contributed by atoms with Crippen molar-refractivity contribution in [3.63, 3.8) is 0 Å². The molecule has 0 aliphatic heterocycles. The first-order valence-electron chi connectivity index (χ1n) is 6.28. The predicted molar refractivity (Wildman–Crippen MR) is 89.9 cm³/mol. The molecule has 2 rings (SSSR count). The summed E-state index contributed by atoms with van der Waals surface area (Å²) in [4.78, 5) is 0. The summed E-state index contributed by atoms with van der Waals surface area (Å²) in [5.74, 6) is 1.63. The lowest BCUT2D eigenvalue weighted by atomic mass is 10.1. The van der Waals surface area contributed by atoms with E-state index in [-0.39, 0.29) is 0 Å². The van der Waals surface area contributed by atoms with Gasteiger partial charge in [-0.25, -0.2) is 0 Å². The van der Waals surface area contributed by atoms with Gasteiger partial charge in [-0.05, 0) is 59.6 Å². The molecule has 0 amide bonds. The Kier molecular flexibility index (Phi) is 5.52. The van der Waals surface area contributed by atoms with Crippen molar-refractivity contribution in [3.05, 3.63) is 58.6 Å². The maximum atomic E-state index is 6.28. The smallest absolute Gasteiger partial charge is 0.128 e. The van der Waals surface area contributed by atoms with E-state index in [0.29, 0.717) is 0 Å². The summed E-state index contributed by atoms with van der Waals surface area (Å²) in [5.41, 5.74) is 2.37. The quantitative estimate of drug-likeness (QED) is 0.465. The van der Waals surface area contributed by atoms with Crippen LogP contribution in [-0.4, -0.2) is 4.43 Å². The highest BCUT2D eigenvalue weighted by Gasteiger charge is 2.04. The van der Waals surface area contributed by atoms with E-state index >= 15 is 0 Å². The largest absolute Gasteiger partial charge is 0.457 e. The SMILES string of the molecule is Cc1cccc(Oc2ccc(CCCI)c(Cl)c2)c1. The monoisotopic (exact) mass is 386 g/mol. The van der Waals surface area contributed by atoms with Crippen molar-refractivity contribution in [2.24, 2.45) is 0 Å². The van der Waals surface area contributed by atoms with Gasteiger partial charge < -0.3 is 4.74 Å². The summed E-state index contributed by atoms with van der Waals surface area (Å²) in [5, 5.41) is 0.787. The highest BCUT2D eigenvalue weighted by molar-refractivity contribution is 14.1. The molecule has 0 atom stereocenters. The van der Waals surface area contributed by atoms with E-state index in [9.17, 15) is 0 Å². The van der Waals surface area contributed by atoms with Gasteiger partial charge >= 0.3 is 0 Å². The Morgan fingerprint density at radius 1 is 1.11 bits per heavy atom. The summed E-state index contributed by atoms with van der Waals surface area (Å²) in [6.45, 7) is 2.05. The van der Waals surface area contributed by atoms with Gasteiger partial charge in [0.1, 0.15) is 11.5 Å². The van der Waals surface area contributed by atoms with Crippen molar-refractivity contribution < 1.29 is 4.74 Å². The molecule has 0 unspecified atom stereocenters. The zero-order chi connectivity index (χ0) is 13.7. The van der Waals surface area contributed by atoms with E-state index in [0.717, 1.165) is 33.8 Å². The molecule has 0 bridgehead atoms. The van der Waals surface area contributed by atoms with Crippen LogP contribution in [0.4, 0.5) is 0 Å². The normalized spacial score (nSPS) is 10.5. The van der Waals surface area contributed by atoms with E-state index < -0.39 is 0 Å². The zero-order valence-corrected chi connectivity index (χ0v) is 13.7. The molecule has 3 heteroatoms. The number of alkyl halides is 1. The van der Waals surface area contributed by atoms with Crippen LogP contribution in [0.5, 0.6) is 11.5 Å². The molecule has 2 aromatic carbocycles. The van der Waals surface area contributed by atoms with Crippen molar-refractivity contribution in [3.8, 4) is 11.5 Å². The van der Waals surface area contributed by atoms with E-state index in [4.69, 9.17) is 16.3 Å². The van der Waals surface area contributed by atoms with Gasteiger partial charge in [0, 0.05) is 5.02 Å². The number of aryl methyl sites for hydroxylation is 2. The summed E-state index contributed by atoms with van der Waals surface area (Å²) in [7, 11) is 0. The molecule has 0 aliphatic carbocycles. The van der Waals surface area contributed by atoms with Gasteiger partial charge in [-0.3, -0.25) is 0 Å². The average molecular weight is 387 g/mol. The maximum Gasteiger partial charge on any atom is 0.128 e. The first-order chi connectivity index (χ1) is 9.19. The third-order valence-electron chi connectivity index (χ3n) is 2.83. The fraction of sp³-hybridized carbons (Fsp3) is 0.250. The number of hydrogen-bond acceptors (Lipinski definition) is 1. The van der Waals surface area contributed by atoms with E-state index in [1.807, 2.05) is 43.3 Å². The molecule has 2 aromatic rings. The Morgan fingerprint density at radius 3 is 2.58 bits per heavy atom. The number of ether oxygens (including phenoxy) is 1. The third kappa shape index (κ3) is 4.39. The van der Waals surface area contributed by atoms with Gasteiger partial charge in [0.2, 0.25) is 0 Å². The van der Waals surface area contributed by atoms with Crippen LogP contribution in [0.3, 0.4) is 0 Å². The highest BCUT2D eigenvalue weighted by Crippen LogP contribution is 2.28. The molecule has 100 valence electrons. The molecule has 19 heavy (non-hydrogen) atoms.